The Morgan fingerprint density at radius 3 is 2.36 bits per heavy atom. The Morgan fingerprint density at radius 1 is 1.12 bits per heavy atom. The van der Waals surface area contributed by atoms with E-state index in [4.69, 9.17) is 23.2 Å². The van der Waals surface area contributed by atoms with E-state index in [9.17, 15) is 19.2 Å². The van der Waals surface area contributed by atoms with Crippen LogP contribution in [0.4, 0.5) is 4.79 Å². The number of amides is 5. The van der Waals surface area contributed by atoms with Crippen LogP contribution in [0.2, 0.25) is 10.0 Å². The molecule has 0 aromatic heterocycles. The molecule has 1 N–H and O–H groups in total. The van der Waals surface area contributed by atoms with Crippen molar-refractivity contribution in [2.45, 2.75) is 26.3 Å². The Kier molecular flexibility index (Phi) is 6.02. The molecule has 0 aliphatic carbocycles. The number of carbonyl (C=O) groups is 4. The average Bonchev–Trinajstić information content (AvgIpc) is 2.75. The summed E-state index contributed by atoms with van der Waals surface area (Å²) < 4.78 is 0. The number of hydrogen-bond donors (Lipinski definition) is 1. The fraction of sp³-hybridized carbons (Fsp3) is 0.375. The number of nitrogens with zero attached hydrogens (tertiary/aromatic N) is 2. The molecule has 7 nitrogen and oxygen atoms in total. The molecule has 1 aliphatic heterocycles. The summed E-state index contributed by atoms with van der Waals surface area (Å²) in [5.41, 5.74) is 0.713. The van der Waals surface area contributed by atoms with Crippen LogP contribution in [0, 0.1) is 0 Å². The zero-order valence-electron chi connectivity index (χ0n) is 13.7. The molecule has 9 heteroatoms. The number of nitrogens with one attached hydrogen (secondary N) is 1. The van der Waals surface area contributed by atoms with E-state index in [2.05, 4.69) is 5.32 Å². The van der Waals surface area contributed by atoms with Gasteiger partial charge in [-0.3, -0.25) is 19.3 Å². The van der Waals surface area contributed by atoms with Crippen LogP contribution in [-0.2, 0) is 14.4 Å². The van der Waals surface area contributed by atoms with Crippen LogP contribution >= 0.6 is 23.2 Å². The van der Waals surface area contributed by atoms with E-state index in [1.54, 1.807) is 32.0 Å². The fourth-order valence-electron chi connectivity index (χ4n) is 2.41. The molecule has 25 heavy (non-hydrogen) atoms. The van der Waals surface area contributed by atoms with E-state index >= 15 is 0 Å². The predicted octanol–water partition coefficient (Wildman–Crippen LogP) is 2.37. The van der Waals surface area contributed by atoms with Gasteiger partial charge in [0.2, 0.25) is 5.91 Å². The Balaban J connectivity index is 2.02. The summed E-state index contributed by atoms with van der Waals surface area (Å²) in [6.07, 6.45) is 0.527. The van der Waals surface area contributed by atoms with Crippen molar-refractivity contribution in [1.29, 1.82) is 0 Å². The van der Waals surface area contributed by atoms with Gasteiger partial charge in [0.15, 0.2) is 0 Å². The first-order valence-corrected chi connectivity index (χ1v) is 8.43. The second-order valence-corrected chi connectivity index (χ2v) is 6.41. The van der Waals surface area contributed by atoms with Crippen molar-refractivity contribution >= 4 is 47.0 Å². The average molecular weight is 386 g/mol. The SMILES string of the molecule is CCCN1C(=O)C(=O)N(CC(=O)N[C@@H](C)c2ccc(Cl)c(Cl)c2)C1=O. The minimum absolute atomic E-state index is 0.140. The van der Waals surface area contributed by atoms with Gasteiger partial charge in [0.05, 0.1) is 16.1 Å². The monoisotopic (exact) mass is 385 g/mol. The number of benzene rings is 1. The molecule has 0 radical (unpaired) electrons. The maximum Gasteiger partial charge on any atom is 0.334 e. The van der Waals surface area contributed by atoms with Crippen molar-refractivity contribution < 1.29 is 19.2 Å². The van der Waals surface area contributed by atoms with Crippen LogP contribution < -0.4 is 5.32 Å². The Labute approximate surface area is 154 Å². The molecule has 1 aromatic carbocycles. The zero-order chi connectivity index (χ0) is 18.7. The second-order valence-electron chi connectivity index (χ2n) is 5.59. The normalized spacial score (nSPS) is 15.8. The quantitative estimate of drug-likeness (QED) is 0.601. The van der Waals surface area contributed by atoms with Gasteiger partial charge in [0.1, 0.15) is 6.54 Å². The summed E-state index contributed by atoms with van der Waals surface area (Å²) in [6, 6.07) is 3.74. The molecule has 1 fully saturated rings. The topological polar surface area (TPSA) is 86.8 Å². The van der Waals surface area contributed by atoms with Crippen LogP contribution in [0.3, 0.4) is 0 Å². The highest BCUT2D eigenvalue weighted by atomic mass is 35.5. The molecule has 1 aliphatic rings. The molecule has 134 valence electrons. The third-order valence-corrected chi connectivity index (χ3v) is 4.44. The first-order chi connectivity index (χ1) is 11.8. The lowest BCUT2D eigenvalue weighted by molar-refractivity contribution is -0.144. The first kappa shape index (κ1) is 19.2. The standard InChI is InChI=1S/C16H17Cl2N3O4/c1-3-6-20-14(23)15(24)21(16(20)25)8-13(22)19-9(2)10-4-5-11(17)12(18)7-10/h4-5,7,9H,3,6,8H2,1-2H3,(H,19,22)/t9-/m0/s1. The molecular formula is C16H17Cl2N3O4. The maximum absolute atomic E-state index is 12.2. The first-order valence-electron chi connectivity index (χ1n) is 7.67. The van der Waals surface area contributed by atoms with Gasteiger partial charge >= 0.3 is 17.8 Å². The zero-order valence-corrected chi connectivity index (χ0v) is 15.2. The van der Waals surface area contributed by atoms with Crippen molar-refractivity contribution in [2.24, 2.45) is 0 Å². The van der Waals surface area contributed by atoms with Gasteiger partial charge in [-0.25, -0.2) is 9.69 Å². The fourth-order valence-corrected chi connectivity index (χ4v) is 2.71. The van der Waals surface area contributed by atoms with E-state index in [-0.39, 0.29) is 6.54 Å². The highest BCUT2D eigenvalue weighted by Crippen LogP contribution is 2.25. The number of rotatable bonds is 6. The number of urea groups is 1. The van der Waals surface area contributed by atoms with Gasteiger partial charge < -0.3 is 5.32 Å². The lowest BCUT2D eigenvalue weighted by atomic mass is 10.1. The third-order valence-electron chi connectivity index (χ3n) is 3.71. The summed E-state index contributed by atoms with van der Waals surface area (Å²) in [7, 11) is 0. The second kappa shape index (κ2) is 7.84. The summed E-state index contributed by atoms with van der Waals surface area (Å²) >= 11 is 11.8. The Morgan fingerprint density at radius 2 is 1.76 bits per heavy atom. The Hall–Kier alpha value is -2.12. The molecule has 5 amide bonds. The lowest BCUT2D eigenvalue weighted by Crippen LogP contribution is -2.42. The lowest BCUT2D eigenvalue weighted by Gasteiger charge is -2.18. The molecule has 1 heterocycles. The van der Waals surface area contributed by atoms with Gasteiger partial charge in [-0.1, -0.05) is 36.2 Å². The van der Waals surface area contributed by atoms with Crippen LogP contribution in [0.1, 0.15) is 31.9 Å². The Bertz CT molecular complexity index is 738. The predicted molar refractivity (Wildman–Crippen MR) is 92.1 cm³/mol. The number of carbonyl (C=O) groups excluding carboxylic acids is 4. The van der Waals surface area contributed by atoms with Crippen molar-refractivity contribution in [3.63, 3.8) is 0 Å². The van der Waals surface area contributed by atoms with E-state index in [1.807, 2.05) is 0 Å². The minimum atomic E-state index is -0.990. The molecule has 1 aromatic rings. The minimum Gasteiger partial charge on any atom is -0.348 e. The van der Waals surface area contributed by atoms with E-state index in [1.165, 1.54) is 0 Å². The molecule has 0 spiro atoms. The van der Waals surface area contributed by atoms with Crippen molar-refractivity contribution in [3.8, 4) is 0 Å². The molecule has 0 unspecified atom stereocenters. The molecule has 1 atom stereocenters. The van der Waals surface area contributed by atoms with Crippen LogP contribution in [-0.4, -0.2) is 46.6 Å². The van der Waals surface area contributed by atoms with Gasteiger partial charge in [0, 0.05) is 6.54 Å². The summed E-state index contributed by atoms with van der Waals surface area (Å²) in [5, 5.41) is 3.40. The van der Waals surface area contributed by atoms with Crippen LogP contribution in [0.25, 0.3) is 0 Å². The van der Waals surface area contributed by atoms with Crippen LogP contribution in [0.5, 0.6) is 0 Å². The van der Waals surface area contributed by atoms with Crippen molar-refractivity contribution in [2.75, 3.05) is 13.1 Å². The largest absolute Gasteiger partial charge is 0.348 e. The third kappa shape index (κ3) is 4.11. The van der Waals surface area contributed by atoms with E-state index in [0.717, 1.165) is 4.90 Å². The summed E-state index contributed by atoms with van der Waals surface area (Å²) in [4.78, 5) is 49.4. The summed E-state index contributed by atoms with van der Waals surface area (Å²) in [5.74, 6) is -2.46. The van der Waals surface area contributed by atoms with Crippen molar-refractivity contribution in [3.05, 3.63) is 33.8 Å². The van der Waals surface area contributed by atoms with Gasteiger partial charge in [-0.2, -0.15) is 0 Å². The number of halogens is 2. The molecule has 0 saturated carbocycles. The van der Waals surface area contributed by atoms with Gasteiger partial charge in [0.25, 0.3) is 0 Å². The molecular weight excluding hydrogens is 369 g/mol. The summed E-state index contributed by atoms with van der Waals surface area (Å²) in [6.45, 7) is 3.12. The number of hydrogen-bond acceptors (Lipinski definition) is 4. The molecule has 1 saturated heterocycles. The van der Waals surface area contributed by atoms with Gasteiger partial charge in [-0.15, -0.1) is 0 Å². The van der Waals surface area contributed by atoms with E-state index in [0.29, 0.717) is 26.9 Å². The molecule has 0 bridgehead atoms. The maximum atomic E-state index is 12.2. The van der Waals surface area contributed by atoms with E-state index < -0.39 is 36.3 Å². The van der Waals surface area contributed by atoms with Crippen LogP contribution in [0.15, 0.2) is 18.2 Å². The van der Waals surface area contributed by atoms with Crippen molar-refractivity contribution in [1.82, 2.24) is 15.1 Å². The smallest absolute Gasteiger partial charge is 0.334 e. The highest BCUT2D eigenvalue weighted by molar-refractivity contribution is 6.45. The van der Waals surface area contributed by atoms with Gasteiger partial charge in [-0.05, 0) is 31.0 Å². The molecule has 2 rings (SSSR count). The number of imide groups is 2. The highest BCUT2D eigenvalue weighted by Gasteiger charge is 2.44.